The van der Waals surface area contributed by atoms with Crippen molar-refractivity contribution < 1.29 is 14.4 Å². The second-order valence-corrected chi connectivity index (χ2v) is 5.88. The molecule has 0 aliphatic rings. The summed E-state index contributed by atoms with van der Waals surface area (Å²) in [6, 6.07) is 13.4. The molecule has 0 aromatic heterocycles. The molecule has 2 aromatic carbocycles. The summed E-state index contributed by atoms with van der Waals surface area (Å²) in [7, 11) is 0. The van der Waals surface area contributed by atoms with E-state index >= 15 is 0 Å². The smallest absolute Gasteiger partial charge is 0.252 e. The Hall–Kier alpha value is -2.86. The summed E-state index contributed by atoms with van der Waals surface area (Å²) in [5, 5.41) is 8.49. The molecule has 6 nitrogen and oxygen atoms in total. The fourth-order valence-electron chi connectivity index (χ4n) is 2.18. The molecule has 26 heavy (non-hydrogen) atoms. The van der Waals surface area contributed by atoms with Gasteiger partial charge in [0, 0.05) is 30.8 Å². The summed E-state index contributed by atoms with van der Waals surface area (Å²) < 4.78 is 0. The second-order valence-electron chi connectivity index (χ2n) is 5.47. The molecular formula is C19H20ClN3O3. The third kappa shape index (κ3) is 5.60. The quantitative estimate of drug-likeness (QED) is 0.652. The SMILES string of the molecule is CCC(=O)Nc1cccc(C(=O)NCCNC(=O)c2ccccc2Cl)c1. The lowest BCUT2D eigenvalue weighted by Crippen LogP contribution is -2.34. The number of amides is 3. The van der Waals surface area contributed by atoms with E-state index in [1.54, 1.807) is 55.5 Å². The molecule has 0 saturated carbocycles. The second kappa shape index (κ2) is 9.58. The zero-order chi connectivity index (χ0) is 18.9. The van der Waals surface area contributed by atoms with Crippen LogP contribution in [0.15, 0.2) is 48.5 Å². The summed E-state index contributed by atoms with van der Waals surface area (Å²) in [6.07, 6.45) is 0.363. The third-order valence-corrected chi connectivity index (χ3v) is 3.87. The van der Waals surface area contributed by atoms with E-state index in [0.717, 1.165) is 0 Å². The number of carbonyl (C=O) groups excluding carboxylic acids is 3. The Bertz CT molecular complexity index is 808. The van der Waals surface area contributed by atoms with Gasteiger partial charge in [0.05, 0.1) is 10.6 Å². The van der Waals surface area contributed by atoms with Gasteiger partial charge >= 0.3 is 0 Å². The van der Waals surface area contributed by atoms with Crippen LogP contribution in [0, 0.1) is 0 Å². The molecule has 0 bridgehead atoms. The number of rotatable bonds is 7. The van der Waals surface area contributed by atoms with Gasteiger partial charge in [-0.2, -0.15) is 0 Å². The zero-order valence-electron chi connectivity index (χ0n) is 14.3. The first-order chi connectivity index (χ1) is 12.5. The van der Waals surface area contributed by atoms with E-state index < -0.39 is 0 Å². The summed E-state index contributed by atoms with van der Waals surface area (Å²) >= 11 is 5.96. The van der Waals surface area contributed by atoms with Crippen molar-refractivity contribution in [3.63, 3.8) is 0 Å². The first kappa shape index (κ1) is 19.5. The molecule has 2 rings (SSSR count). The van der Waals surface area contributed by atoms with Crippen molar-refractivity contribution in [2.75, 3.05) is 18.4 Å². The predicted molar refractivity (Wildman–Crippen MR) is 101 cm³/mol. The highest BCUT2D eigenvalue weighted by molar-refractivity contribution is 6.33. The molecule has 0 fully saturated rings. The Morgan fingerprint density at radius 2 is 1.62 bits per heavy atom. The number of anilines is 1. The lowest BCUT2D eigenvalue weighted by atomic mass is 10.2. The van der Waals surface area contributed by atoms with Crippen LogP contribution in [0.2, 0.25) is 5.02 Å². The van der Waals surface area contributed by atoms with Crippen molar-refractivity contribution in [3.05, 3.63) is 64.7 Å². The van der Waals surface area contributed by atoms with E-state index in [1.807, 2.05) is 0 Å². The Kier molecular flexibility index (Phi) is 7.17. The predicted octanol–water partition coefficient (Wildman–Crippen LogP) is 2.85. The van der Waals surface area contributed by atoms with Crippen molar-refractivity contribution >= 4 is 35.0 Å². The average Bonchev–Trinajstić information content (AvgIpc) is 2.65. The van der Waals surface area contributed by atoms with Gasteiger partial charge in [0.25, 0.3) is 11.8 Å². The van der Waals surface area contributed by atoms with Crippen molar-refractivity contribution in [1.29, 1.82) is 0 Å². The van der Waals surface area contributed by atoms with Crippen LogP contribution in [-0.4, -0.2) is 30.8 Å². The molecule has 0 saturated heterocycles. The van der Waals surface area contributed by atoms with Crippen LogP contribution in [0.5, 0.6) is 0 Å². The lowest BCUT2D eigenvalue weighted by molar-refractivity contribution is -0.115. The van der Waals surface area contributed by atoms with Crippen molar-refractivity contribution in [2.45, 2.75) is 13.3 Å². The molecule has 0 aliphatic carbocycles. The Balaban J connectivity index is 1.82. The summed E-state index contributed by atoms with van der Waals surface area (Å²) in [4.78, 5) is 35.6. The average molecular weight is 374 g/mol. The van der Waals surface area contributed by atoms with Gasteiger partial charge in [-0.25, -0.2) is 0 Å². The van der Waals surface area contributed by atoms with Gasteiger partial charge < -0.3 is 16.0 Å². The van der Waals surface area contributed by atoms with Gasteiger partial charge in [-0.1, -0.05) is 36.7 Å². The van der Waals surface area contributed by atoms with E-state index in [0.29, 0.717) is 28.3 Å². The van der Waals surface area contributed by atoms with Crippen LogP contribution in [0.1, 0.15) is 34.1 Å². The van der Waals surface area contributed by atoms with E-state index in [2.05, 4.69) is 16.0 Å². The standard InChI is InChI=1S/C19H20ClN3O3/c1-2-17(24)23-14-7-5-6-13(12-14)18(25)21-10-11-22-19(26)15-8-3-4-9-16(15)20/h3-9,12H,2,10-11H2,1H3,(H,21,25)(H,22,26)(H,23,24). The number of nitrogens with one attached hydrogen (secondary N) is 3. The van der Waals surface area contributed by atoms with E-state index in [-0.39, 0.29) is 30.8 Å². The van der Waals surface area contributed by atoms with E-state index in [4.69, 9.17) is 11.6 Å². The molecule has 2 aromatic rings. The molecule has 0 radical (unpaired) electrons. The molecule has 0 spiro atoms. The fraction of sp³-hybridized carbons (Fsp3) is 0.211. The highest BCUT2D eigenvalue weighted by Gasteiger charge is 2.10. The molecule has 136 valence electrons. The van der Waals surface area contributed by atoms with Gasteiger partial charge in [-0.15, -0.1) is 0 Å². The first-order valence-electron chi connectivity index (χ1n) is 8.22. The van der Waals surface area contributed by atoms with Crippen molar-refractivity contribution in [2.24, 2.45) is 0 Å². The summed E-state index contributed by atoms with van der Waals surface area (Å²) in [6.45, 7) is 2.28. The van der Waals surface area contributed by atoms with Crippen LogP contribution in [0.3, 0.4) is 0 Å². The largest absolute Gasteiger partial charge is 0.350 e. The van der Waals surface area contributed by atoms with Gasteiger partial charge in [-0.05, 0) is 30.3 Å². The van der Waals surface area contributed by atoms with Gasteiger partial charge in [0.2, 0.25) is 5.91 Å². The van der Waals surface area contributed by atoms with Gasteiger partial charge in [0.1, 0.15) is 0 Å². The minimum Gasteiger partial charge on any atom is -0.350 e. The fourth-order valence-corrected chi connectivity index (χ4v) is 2.40. The molecule has 0 atom stereocenters. The topological polar surface area (TPSA) is 87.3 Å². The Morgan fingerprint density at radius 1 is 0.923 bits per heavy atom. The molecule has 7 heteroatoms. The minimum atomic E-state index is -0.297. The monoisotopic (exact) mass is 373 g/mol. The highest BCUT2D eigenvalue weighted by atomic mass is 35.5. The number of halogens is 1. The van der Waals surface area contributed by atoms with Crippen LogP contribution >= 0.6 is 11.6 Å². The lowest BCUT2D eigenvalue weighted by Gasteiger charge is -2.09. The third-order valence-electron chi connectivity index (χ3n) is 3.54. The number of benzene rings is 2. The molecule has 3 N–H and O–H groups in total. The first-order valence-corrected chi connectivity index (χ1v) is 8.60. The van der Waals surface area contributed by atoms with Gasteiger partial charge in [-0.3, -0.25) is 14.4 Å². The number of hydrogen-bond acceptors (Lipinski definition) is 3. The molecule has 0 aliphatic heterocycles. The summed E-state index contributed by atoms with van der Waals surface area (Å²) in [5.74, 6) is -0.705. The maximum atomic E-state index is 12.2. The van der Waals surface area contributed by atoms with Crippen LogP contribution in [0.25, 0.3) is 0 Å². The molecule has 0 unspecified atom stereocenters. The van der Waals surface area contributed by atoms with Crippen LogP contribution in [-0.2, 0) is 4.79 Å². The van der Waals surface area contributed by atoms with Gasteiger partial charge in [0.15, 0.2) is 0 Å². The molecular weight excluding hydrogens is 354 g/mol. The molecule has 0 heterocycles. The van der Waals surface area contributed by atoms with E-state index in [1.165, 1.54) is 0 Å². The van der Waals surface area contributed by atoms with Crippen LogP contribution in [0.4, 0.5) is 5.69 Å². The molecule has 3 amide bonds. The highest BCUT2D eigenvalue weighted by Crippen LogP contribution is 2.14. The van der Waals surface area contributed by atoms with Crippen molar-refractivity contribution in [3.8, 4) is 0 Å². The maximum absolute atomic E-state index is 12.2. The summed E-state index contributed by atoms with van der Waals surface area (Å²) in [5.41, 5.74) is 1.38. The zero-order valence-corrected chi connectivity index (χ0v) is 15.1. The minimum absolute atomic E-state index is 0.121. The van der Waals surface area contributed by atoms with Crippen molar-refractivity contribution in [1.82, 2.24) is 10.6 Å². The Labute approximate surface area is 156 Å². The maximum Gasteiger partial charge on any atom is 0.252 e. The number of hydrogen-bond donors (Lipinski definition) is 3. The number of carbonyl (C=O) groups is 3. The Morgan fingerprint density at radius 3 is 2.31 bits per heavy atom. The van der Waals surface area contributed by atoms with Crippen LogP contribution < -0.4 is 16.0 Å². The van der Waals surface area contributed by atoms with E-state index in [9.17, 15) is 14.4 Å². The normalized spacial score (nSPS) is 10.1.